The molecule has 2 aromatic heterocycles. The van der Waals surface area contributed by atoms with Crippen LogP contribution in [0.15, 0.2) is 55.0 Å². The zero-order chi connectivity index (χ0) is 25.9. The molecular formula is C24H19F4N5O2S. The van der Waals surface area contributed by atoms with E-state index in [9.17, 15) is 22.4 Å². The standard InChI is InChI=1S/C24H19F4N5O2S/c25-19-13-16(5-6-21(19)35-11-10-31-7-1-2-8-31)32-9-3-4-22(34)33(23(32)36)17-12-18(24(26,27)28)20(14-29)30-15-17/h1-2,5-8,12-13,15H,3-4,9-11H2. The minimum atomic E-state index is -4.86. The van der Waals surface area contributed by atoms with Crippen LogP contribution >= 0.6 is 12.2 Å². The molecule has 1 aliphatic heterocycles. The van der Waals surface area contributed by atoms with E-state index in [4.69, 9.17) is 22.2 Å². The molecule has 0 bridgehead atoms. The molecule has 0 radical (unpaired) electrons. The summed E-state index contributed by atoms with van der Waals surface area (Å²) in [5.74, 6) is -1.15. The number of hydrogen-bond acceptors (Lipinski definition) is 5. The minimum Gasteiger partial charge on any atom is -0.489 e. The second-order valence-corrected chi connectivity index (χ2v) is 8.22. The first-order valence-corrected chi connectivity index (χ1v) is 11.2. The number of aromatic nitrogens is 2. The highest BCUT2D eigenvalue weighted by atomic mass is 32.1. The molecule has 0 aliphatic carbocycles. The van der Waals surface area contributed by atoms with Gasteiger partial charge in [-0.3, -0.25) is 9.69 Å². The fourth-order valence-corrected chi connectivity index (χ4v) is 4.16. The van der Waals surface area contributed by atoms with Gasteiger partial charge in [-0.2, -0.15) is 18.4 Å². The molecular weight excluding hydrogens is 498 g/mol. The van der Waals surface area contributed by atoms with Gasteiger partial charge >= 0.3 is 6.18 Å². The summed E-state index contributed by atoms with van der Waals surface area (Å²) < 4.78 is 62.6. The Balaban J connectivity index is 1.58. The van der Waals surface area contributed by atoms with Crippen LogP contribution in [0.3, 0.4) is 0 Å². The molecule has 1 saturated heterocycles. The highest BCUT2D eigenvalue weighted by molar-refractivity contribution is 7.81. The van der Waals surface area contributed by atoms with Crippen molar-refractivity contribution >= 4 is 34.6 Å². The van der Waals surface area contributed by atoms with Crippen molar-refractivity contribution in [1.29, 1.82) is 5.26 Å². The van der Waals surface area contributed by atoms with E-state index in [2.05, 4.69) is 4.98 Å². The van der Waals surface area contributed by atoms with Gasteiger partial charge in [0.1, 0.15) is 12.7 Å². The van der Waals surface area contributed by atoms with Crippen molar-refractivity contribution in [3.05, 3.63) is 72.1 Å². The largest absolute Gasteiger partial charge is 0.489 e. The van der Waals surface area contributed by atoms with Crippen LogP contribution in [0.5, 0.6) is 5.75 Å². The number of rotatable bonds is 6. The van der Waals surface area contributed by atoms with Crippen LogP contribution in [0.2, 0.25) is 0 Å². The maximum absolute atomic E-state index is 14.8. The molecule has 1 amide bonds. The van der Waals surface area contributed by atoms with E-state index >= 15 is 0 Å². The van der Waals surface area contributed by atoms with Crippen LogP contribution < -0.4 is 14.5 Å². The molecule has 36 heavy (non-hydrogen) atoms. The van der Waals surface area contributed by atoms with Crippen molar-refractivity contribution in [2.75, 3.05) is 23.0 Å². The number of alkyl halides is 3. The van der Waals surface area contributed by atoms with Crippen LogP contribution in [0.25, 0.3) is 0 Å². The molecule has 1 aromatic carbocycles. The van der Waals surface area contributed by atoms with E-state index in [0.717, 1.165) is 11.1 Å². The predicted molar refractivity (Wildman–Crippen MR) is 127 cm³/mol. The van der Waals surface area contributed by atoms with E-state index in [1.165, 1.54) is 23.1 Å². The van der Waals surface area contributed by atoms with Gasteiger partial charge in [0, 0.05) is 37.1 Å². The van der Waals surface area contributed by atoms with Gasteiger partial charge in [-0.15, -0.1) is 0 Å². The maximum atomic E-state index is 14.8. The van der Waals surface area contributed by atoms with E-state index < -0.39 is 29.2 Å². The number of nitriles is 1. The second kappa shape index (κ2) is 10.3. The molecule has 186 valence electrons. The highest BCUT2D eigenvalue weighted by Crippen LogP contribution is 2.35. The van der Waals surface area contributed by atoms with Crippen LogP contribution in [0.1, 0.15) is 24.1 Å². The van der Waals surface area contributed by atoms with Gasteiger partial charge in [-0.25, -0.2) is 9.37 Å². The van der Waals surface area contributed by atoms with Crippen molar-refractivity contribution in [1.82, 2.24) is 9.55 Å². The number of nitrogens with zero attached hydrogens (tertiary/aromatic N) is 5. The summed E-state index contributed by atoms with van der Waals surface area (Å²) in [6.45, 7) is 1.01. The van der Waals surface area contributed by atoms with E-state index in [0.29, 0.717) is 24.7 Å². The molecule has 7 nitrogen and oxygen atoms in total. The van der Waals surface area contributed by atoms with Gasteiger partial charge in [0.05, 0.1) is 24.0 Å². The lowest BCUT2D eigenvalue weighted by Gasteiger charge is -2.30. The summed E-state index contributed by atoms with van der Waals surface area (Å²) in [4.78, 5) is 18.8. The van der Waals surface area contributed by atoms with E-state index in [1.807, 2.05) is 29.1 Å². The zero-order valence-corrected chi connectivity index (χ0v) is 19.5. The van der Waals surface area contributed by atoms with Gasteiger partial charge in [0.15, 0.2) is 22.4 Å². The number of carbonyl (C=O) groups excluding carboxylic acids is 1. The number of thiocarbonyl (C=S) groups is 1. The third-order valence-electron chi connectivity index (χ3n) is 5.49. The third kappa shape index (κ3) is 5.31. The number of hydrogen-bond donors (Lipinski definition) is 0. The summed E-state index contributed by atoms with van der Waals surface area (Å²) in [6, 6.07) is 10.00. The molecule has 0 N–H and O–H groups in total. The van der Waals surface area contributed by atoms with Crippen LogP contribution in [0, 0.1) is 17.1 Å². The smallest absolute Gasteiger partial charge is 0.419 e. The first kappa shape index (κ1) is 25.1. The number of carbonyl (C=O) groups is 1. The third-order valence-corrected chi connectivity index (χ3v) is 5.89. The summed E-state index contributed by atoms with van der Waals surface area (Å²) in [5.41, 5.74) is -2.01. The van der Waals surface area contributed by atoms with Crippen molar-refractivity contribution in [2.45, 2.75) is 25.6 Å². The first-order valence-electron chi connectivity index (χ1n) is 10.8. The highest BCUT2D eigenvalue weighted by Gasteiger charge is 2.37. The summed E-state index contributed by atoms with van der Waals surface area (Å²) in [7, 11) is 0. The van der Waals surface area contributed by atoms with E-state index in [1.54, 1.807) is 6.07 Å². The van der Waals surface area contributed by atoms with Crippen molar-refractivity contribution in [2.24, 2.45) is 0 Å². The monoisotopic (exact) mass is 517 g/mol. The summed E-state index contributed by atoms with van der Waals surface area (Å²) in [6.07, 6.45) is 0.186. The molecule has 3 aromatic rings. The van der Waals surface area contributed by atoms with Gasteiger partial charge in [-0.05, 0) is 49.0 Å². The summed E-state index contributed by atoms with van der Waals surface area (Å²) >= 11 is 5.47. The Bertz CT molecular complexity index is 1320. The lowest BCUT2D eigenvalue weighted by Crippen LogP contribution is -2.44. The van der Waals surface area contributed by atoms with Crippen molar-refractivity contribution in [3.63, 3.8) is 0 Å². The number of pyridine rings is 1. The normalized spacial score (nSPS) is 14.5. The molecule has 0 atom stereocenters. The summed E-state index contributed by atoms with van der Waals surface area (Å²) in [5, 5.41) is 8.87. The molecule has 1 aliphatic rings. The number of anilines is 2. The molecule has 12 heteroatoms. The van der Waals surface area contributed by atoms with Crippen LogP contribution in [-0.4, -0.2) is 33.7 Å². The average molecular weight is 518 g/mol. The maximum Gasteiger partial charge on any atom is 0.419 e. The Labute approximate surface area is 209 Å². The Kier molecular flexibility index (Phi) is 7.21. The minimum absolute atomic E-state index is 0.00105. The second-order valence-electron chi connectivity index (χ2n) is 7.85. The number of amides is 1. The SMILES string of the molecule is N#Cc1ncc(N2C(=O)CCCN(c3ccc(OCCn4cccc4)c(F)c3)C2=S)cc1C(F)(F)F. The van der Waals surface area contributed by atoms with E-state index in [-0.39, 0.29) is 36.1 Å². The fraction of sp³-hybridized carbons (Fsp3) is 0.250. The van der Waals surface area contributed by atoms with Gasteiger partial charge in [-0.1, -0.05) is 0 Å². The van der Waals surface area contributed by atoms with Gasteiger partial charge < -0.3 is 14.2 Å². The molecule has 0 spiro atoms. The van der Waals surface area contributed by atoms with Gasteiger partial charge in [0.2, 0.25) is 5.91 Å². The fourth-order valence-electron chi connectivity index (χ4n) is 3.75. The van der Waals surface area contributed by atoms with Crippen LogP contribution in [0.4, 0.5) is 28.9 Å². The zero-order valence-electron chi connectivity index (χ0n) is 18.7. The lowest BCUT2D eigenvalue weighted by molar-refractivity contribution is -0.138. The van der Waals surface area contributed by atoms with Crippen molar-refractivity contribution in [3.8, 4) is 11.8 Å². The molecule has 3 heterocycles. The van der Waals surface area contributed by atoms with Gasteiger partial charge in [0.25, 0.3) is 0 Å². The molecule has 0 saturated carbocycles. The Morgan fingerprint density at radius 2 is 1.92 bits per heavy atom. The Hall–Kier alpha value is -3.98. The number of halogens is 4. The molecule has 1 fully saturated rings. The molecule has 4 rings (SSSR count). The topological polar surface area (TPSA) is 74.4 Å². The Morgan fingerprint density at radius 3 is 2.58 bits per heavy atom. The number of ether oxygens (including phenoxy) is 1. The first-order chi connectivity index (χ1) is 17.2. The average Bonchev–Trinajstić information content (AvgIpc) is 3.31. The predicted octanol–water partition coefficient (Wildman–Crippen LogP) is 4.91. The van der Waals surface area contributed by atoms with Crippen LogP contribution in [-0.2, 0) is 17.5 Å². The Morgan fingerprint density at radius 1 is 1.17 bits per heavy atom. The number of benzene rings is 1. The quantitative estimate of drug-likeness (QED) is 0.342. The lowest BCUT2D eigenvalue weighted by atomic mass is 10.1. The molecule has 0 unspecified atom stereocenters. The van der Waals surface area contributed by atoms with Crippen molar-refractivity contribution < 1.29 is 27.1 Å².